The Balaban J connectivity index is 1.64. The number of nitrogens with one attached hydrogen (secondary N) is 1. The van der Waals surface area contributed by atoms with Crippen molar-refractivity contribution >= 4 is 40.4 Å². The van der Waals surface area contributed by atoms with Gasteiger partial charge in [-0.1, -0.05) is 59.3 Å². The molecule has 1 atom stereocenters. The number of aryl methyl sites for hydroxylation is 2. The fourth-order valence-electron chi connectivity index (χ4n) is 4.30. The van der Waals surface area contributed by atoms with Gasteiger partial charge < -0.3 is 9.84 Å². The maximum Gasteiger partial charge on any atom is 0.258 e. The molecule has 1 aliphatic rings. The van der Waals surface area contributed by atoms with Crippen molar-refractivity contribution in [2.75, 3.05) is 11.2 Å². The normalized spacial score (nSPS) is 15.9. The van der Waals surface area contributed by atoms with Crippen molar-refractivity contribution in [3.8, 4) is 11.4 Å². The summed E-state index contributed by atoms with van der Waals surface area (Å²) in [5.41, 5.74) is 7.20. The van der Waals surface area contributed by atoms with Gasteiger partial charge in [-0.15, -0.1) is 11.8 Å². The van der Waals surface area contributed by atoms with Crippen LogP contribution in [-0.4, -0.2) is 21.5 Å². The molecule has 0 bridgehead atoms. The predicted octanol–water partition coefficient (Wildman–Crippen LogP) is 6.94. The lowest BCUT2D eigenvalue weighted by Crippen LogP contribution is -2.46. The van der Waals surface area contributed by atoms with Crippen LogP contribution < -0.4 is 10.2 Å². The lowest BCUT2D eigenvalue weighted by Gasteiger charge is -2.37. The summed E-state index contributed by atoms with van der Waals surface area (Å²) in [5.74, 6) is 1.04. The van der Waals surface area contributed by atoms with Gasteiger partial charge in [0.15, 0.2) is 5.11 Å². The minimum Gasteiger partial charge on any atom is -0.351 e. The Morgan fingerprint density at radius 2 is 1.69 bits per heavy atom. The molecule has 1 aromatic heterocycles. The highest BCUT2D eigenvalue weighted by Gasteiger charge is 2.34. The van der Waals surface area contributed by atoms with Gasteiger partial charge in [-0.05, 0) is 74.6 Å². The van der Waals surface area contributed by atoms with Crippen LogP contribution in [0.3, 0.4) is 0 Å². The summed E-state index contributed by atoms with van der Waals surface area (Å²) in [6.45, 7) is 6.19. The maximum absolute atomic E-state index is 5.87. The first kappa shape index (κ1) is 23.3. The average molecular weight is 499 g/mol. The number of rotatable bonds is 5. The highest BCUT2D eigenvalue weighted by molar-refractivity contribution is 7.98. The Morgan fingerprint density at radius 1 is 0.943 bits per heavy atom. The number of allylic oxidation sites excluding steroid dienone is 1. The molecule has 1 unspecified atom stereocenters. The SMILES string of the molecule is CSc1ccc(C2NC(=S)N(c3cccc(C)c3)C(C)=C2c2nc(-c3ccc(C)cc3)no2)cc1. The Hall–Kier alpha value is -3.42. The second kappa shape index (κ2) is 9.68. The number of nitrogens with zero attached hydrogens (tertiary/aromatic N) is 3. The average Bonchev–Trinajstić information content (AvgIpc) is 3.34. The summed E-state index contributed by atoms with van der Waals surface area (Å²) in [4.78, 5) is 8.06. The number of thiocarbonyl (C=S) groups is 1. The molecule has 2 heterocycles. The van der Waals surface area contributed by atoms with Gasteiger partial charge >= 0.3 is 0 Å². The first-order valence-electron chi connectivity index (χ1n) is 11.4. The number of hydrogen-bond acceptors (Lipinski definition) is 5. The zero-order chi connectivity index (χ0) is 24.5. The topological polar surface area (TPSA) is 54.2 Å². The molecular formula is C28H26N4OS2. The molecule has 0 saturated carbocycles. The third kappa shape index (κ3) is 4.61. The third-order valence-electron chi connectivity index (χ3n) is 6.16. The van der Waals surface area contributed by atoms with Crippen molar-refractivity contribution in [2.45, 2.75) is 31.7 Å². The van der Waals surface area contributed by atoms with E-state index in [0.29, 0.717) is 16.8 Å². The quantitative estimate of drug-likeness (QED) is 0.236. The van der Waals surface area contributed by atoms with E-state index in [2.05, 4.69) is 80.0 Å². The van der Waals surface area contributed by atoms with E-state index in [4.69, 9.17) is 21.7 Å². The van der Waals surface area contributed by atoms with Crippen LogP contribution in [-0.2, 0) is 0 Å². The molecule has 176 valence electrons. The van der Waals surface area contributed by atoms with Gasteiger partial charge in [0, 0.05) is 21.8 Å². The molecule has 0 aliphatic carbocycles. The van der Waals surface area contributed by atoms with E-state index < -0.39 is 0 Å². The van der Waals surface area contributed by atoms with Gasteiger partial charge in [0.05, 0.1) is 11.6 Å². The highest BCUT2D eigenvalue weighted by atomic mass is 32.2. The summed E-state index contributed by atoms with van der Waals surface area (Å²) in [6.07, 6.45) is 2.07. The second-order valence-electron chi connectivity index (χ2n) is 8.62. The fourth-order valence-corrected chi connectivity index (χ4v) is 5.07. The largest absolute Gasteiger partial charge is 0.351 e. The van der Waals surface area contributed by atoms with Crippen molar-refractivity contribution in [1.82, 2.24) is 15.5 Å². The van der Waals surface area contributed by atoms with Crippen LogP contribution in [0.2, 0.25) is 0 Å². The van der Waals surface area contributed by atoms with Crippen LogP contribution in [0.5, 0.6) is 0 Å². The summed E-state index contributed by atoms with van der Waals surface area (Å²) in [5, 5.41) is 8.48. The fraction of sp³-hybridized carbons (Fsp3) is 0.179. The monoisotopic (exact) mass is 498 g/mol. The van der Waals surface area contributed by atoms with E-state index in [0.717, 1.165) is 33.6 Å². The van der Waals surface area contributed by atoms with Gasteiger partial charge in [-0.25, -0.2) is 0 Å². The molecule has 0 fully saturated rings. The standard InChI is InChI=1S/C28H26N4OS2/c1-17-8-10-21(11-9-17)26-30-27(33-31-26)24-19(3)32(22-7-5-6-18(2)16-22)28(34)29-25(24)20-12-14-23(35-4)15-13-20/h5-16,25H,1-4H3,(H,29,34). The molecule has 4 aromatic rings. The summed E-state index contributed by atoms with van der Waals surface area (Å²) >= 11 is 7.58. The molecule has 7 heteroatoms. The lowest BCUT2D eigenvalue weighted by atomic mass is 9.94. The number of aromatic nitrogens is 2. The molecule has 0 amide bonds. The van der Waals surface area contributed by atoms with Crippen molar-refractivity contribution in [3.63, 3.8) is 0 Å². The van der Waals surface area contributed by atoms with E-state index in [1.54, 1.807) is 11.8 Å². The molecule has 1 aliphatic heterocycles. The number of hydrogen-bond donors (Lipinski definition) is 1. The zero-order valence-corrected chi connectivity index (χ0v) is 21.7. The number of anilines is 1. The van der Waals surface area contributed by atoms with E-state index in [-0.39, 0.29) is 6.04 Å². The molecular weight excluding hydrogens is 472 g/mol. The summed E-state index contributed by atoms with van der Waals surface area (Å²) < 4.78 is 5.87. The van der Waals surface area contributed by atoms with Crippen LogP contribution in [0, 0.1) is 13.8 Å². The molecule has 35 heavy (non-hydrogen) atoms. The van der Waals surface area contributed by atoms with Gasteiger partial charge in [-0.3, -0.25) is 4.90 Å². The molecule has 5 rings (SSSR count). The van der Waals surface area contributed by atoms with Crippen LogP contribution in [0.1, 0.15) is 35.5 Å². The molecule has 5 nitrogen and oxygen atoms in total. The molecule has 0 saturated heterocycles. The first-order chi connectivity index (χ1) is 16.9. The van der Waals surface area contributed by atoms with Gasteiger partial charge in [0.25, 0.3) is 5.89 Å². The maximum atomic E-state index is 5.87. The molecule has 0 spiro atoms. The lowest BCUT2D eigenvalue weighted by molar-refractivity contribution is 0.404. The molecule has 3 aromatic carbocycles. The van der Waals surface area contributed by atoms with Crippen molar-refractivity contribution in [2.24, 2.45) is 0 Å². The van der Waals surface area contributed by atoms with Crippen LogP contribution >= 0.6 is 24.0 Å². The Morgan fingerprint density at radius 3 is 2.37 bits per heavy atom. The van der Waals surface area contributed by atoms with Crippen molar-refractivity contribution in [3.05, 3.63) is 101 Å². The minimum absolute atomic E-state index is 0.217. The number of thioether (sulfide) groups is 1. The van der Waals surface area contributed by atoms with E-state index >= 15 is 0 Å². The smallest absolute Gasteiger partial charge is 0.258 e. The van der Waals surface area contributed by atoms with Crippen LogP contribution in [0.4, 0.5) is 5.69 Å². The van der Waals surface area contributed by atoms with E-state index in [1.807, 2.05) is 35.2 Å². The Bertz CT molecular complexity index is 1410. The number of benzene rings is 3. The third-order valence-corrected chi connectivity index (χ3v) is 7.20. The van der Waals surface area contributed by atoms with Crippen LogP contribution in [0.15, 0.2) is 87.9 Å². The van der Waals surface area contributed by atoms with Gasteiger partial charge in [-0.2, -0.15) is 4.98 Å². The first-order valence-corrected chi connectivity index (χ1v) is 13.0. The highest BCUT2D eigenvalue weighted by Crippen LogP contribution is 2.39. The Kier molecular flexibility index (Phi) is 6.45. The predicted molar refractivity (Wildman–Crippen MR) is 147 cm³/mol. The van der Waals surface area contributed by atoms with E-state index in [9.17, 15) is 0 Å². The summed E-state index contributed by atoms with van der Waals surface area (Å²) in [6, 6.07) is 24.7. The van der Waals surface area contributed by atoms with Gasteiger partial charge in [0.2, 0.25) is 5.82 Å². The van der Waals surface area contributed by atoms with Crippen molar-refractivity contribution < 1.29 is 4.52 Å². The van der Waals surface area contributed by atoms with Gasteiger partial charge in [0.1, 0.15) is 0 Å². The van der Waals surface area contributed by atoms with Crippen LogP contribution in [0.25, 0.3) is 17.0 Å². The van der Waals surface area contributed by atoms with E-state index in [1.165, 1.54) is 10.5 Å². The molecule has 1 N–H and O–H groups in total. The zero-order valence-electron chi connectivity index (χ0n) is 20.1. The Labute approximate surface area is 215 Å². The van der Waals surface area contributed by atoms with Crippen molar-refractivity contribution in [1.29, 1.82) is 0 Å². The summed E-state index contributed by atoms with van der Waals surface area (Å²) in [7, 11) is 0. The second-order valence-corrected chi connectivity index (χ2v) is 9.88. The molecule has 0 radical (unpaired) electrons. The minimum atomic E-state index is -0.217.